The number of carbonyl (C=O) groups excluding carboxylic acids is 21. The van der Waals surface area contributed by atoms with Gasteiger partial charge in [-0.15, -0.1) is 0 Å². The second-order valence-electron chi connectivity index (χ2n) is 39.3. The van der Waals surface area contributed by atoms with Crippen LogP contribution in [0.4, 0.5) is 38.4 Å². The number of hydrogen-bond acceptors (Lipinski definition) is 32. The molecule has 16 rings (SSSR count). The Labute approximate surface area is 853 Å². The van der Waals surface area contributed by atoms with Crippen LogP contribution in [0, 0.1) is 11.3 Å². The summed E-state index contributed by atoms with van der Waals surface area (Å²) in [5, 5.41) is 25.4. The van der Waals surface area contributed by atoms with Crippen molar-refractivity contribution in [2.45, 2.75) is 261 Å². The van der Waals surface area contributed by atoms with Gasteiger partial charge in [-0.2, -0.15) is 40.5 Å². The number of amides is 25. The summed E-state index contributed by atoms with van der Waals surface area (Å²) in [4.78, 5) is 301. The third-order valence-electron chi connectivity index (χ3n) is 27.9. The molecule has 16 heterocycles. The molecule has 0 aromatic heterocycles. The van der Waals surface area contributed by atoms with E-state index in [1.165, 1.54) is 143 Å². The topological polar surface area (TPSA) is 602 Å². The van der Waals surface area contributed by atoms with Crippen LogP contribution < -0.4 is 48.4 Å². The molecule has 16 fully saturated rings. The fraction of sp³-hybridized carbons (Fsp3) is 0.767. The summed E-state index contributed by atoms with van der Waals surface area (Å²) in [6, 6.07) is -5.42. The SMILES string of the molecule is CCC(=O)CNC(=O)[C@@H]1CC[C@@H]2CN1C(=O)N2OC.CNNC(=O)[C@@H]1CC[C@@H]2CN1C(=O)N2OC.CON1C(=O)N2C[C@H]1CC[C@H]2C(=O)NCC(=O)C(C)(C)C.CON1C(=O)N2C[C@H]1CC[C@H]2C(=O)NCC(=O)C(C)C.CON1C(=O)N2C[C@H]1CC[C@H]2C(=O)NCC(C)=O.CON1C(=O)N2C[C@H]1CC[C@H]2C(=O)NN(C)C.CON1C(=O)N2C[C@H]1CC[C@H]2C(=O)NN(C)C.CON1C(=O)N2C[C@H]1CC[C@H]2C(=O)NN(C)C(C)=O. The number of hydrogen-bond donors (Lipinski definition) is 9. The summed E-state index contributed by atoms with van der Waals surface area (Å²) in [5.74, 6) is -2.40. The molecule has 0 aliphatic carbocycles. The van der Waals surface area contributed by atoms with Crippen LogP contribution in [-0.2, 0) is 101 Å². The Balaban J connectivity index is 0.000000187. The van der Waals surface area contributed by atoms with Gasteiger partial charge < -0.3 is 60.5 Å². The van der Waals surface area contributed by atoms with Crippen molar-refractivity contribution in [1.82, 2.24) is 143 Å². The van der Waals surface area contributed by atoms with E-state index in [2.05, 4.69) is 48.4 Å². The first kappa shape index (κ1) is 118. The molecule has 147 heavy (non-hydrogen) atoms. The van der Waals surface area contributed by atoms with Crippen molar-refractivity contribution >= 4 is 125 Å². The zero-order chi connectivity index (χ0) is 109. The minimum absolute atomic E-state index is 0.00170. The molecule has 16 atom stereocenters. The second-order valence-corrected chi connectivity index (χ2v) is 39.3. The molecule has 16 aliphatic heterocycles. The highest BCUT2D eigenvalue weighted by Crippen LogP contribution is 2.38. The minimum Gasteiger partial charge on any atom is -0.347 e. The Morgan fingerprint density at radius 3 is 0.721 bits per heavy atom. The number of carbonyl (C=O) groups is 21. The summed E-state index contributed by atoms with van der Waals surface area (Å²) in [7, 11) is 21.8. The predicted octanol–water partition coefficient (Wildman–Crippen LogP) is -2.65. The first-order valence-corrected chi connectivity index (χ1v) is 49.3. The molecule has 16 bridgehead atoms. The van der Waals surface area contributed by atoms with Gasteiger partial charge in [-0.05, 0) is 110 Å². The Morgan fingerprint density at radius 1 is 0.313 bits per heavy atom. The number of hydrazine groups is 4. The third-order valence-corrected chi connectivity index (χ3v) is 27.9. The van der Waals surface area contributed by atoms with Crippen LogP contribution in [0.5, 0.6) is 0 Å². The van der Waals surface area contributed by atoms with Crippen molar-refractivity contribution in [2.75, 3.05) is 178 Å². The van der Waals surface area contributed by atoms with Gasteiger partial charge in [0.25, 0.3) is 23.6 Å². The number of hydroxylamine groups is 16. The van der Waals surface area contributed by atoms with E-state index in [-0.39, 0.29) is 217 Å². The lowest BCUT2D eigenvalue weighted by Crippen LogP contribution is -2.54. The lowest BCUT2D eigenvalue weighted by atomic mass is 9.91. The molecule has 0 aromatic carbocycles. The molecule has 824 valence electrons. The maximum absolute atomic E-state index is 12.2. The number of piperidine rings is 8. The molecule has 57 nitrogen and oxygen atoms in total. The van der Waals surface area contributed by atoms with Crippen molar-refractivity contribution in [3.05, 3.63) is 0 Å². The number of nitrogens with zero attached hydrogens (tertiary/aromatic N) is 19. The lowest BCUT2D eigenvalue weighted by molar-refractivity contribution is -0.140. The summed E-state index contributed by atoms with van der Waals surface area (Å²) in [5.41, 5.74) is 12.5. The maximum atomic E-state index is 12.2. The summed E-state index contributed by atoms with van der Waals surface area (Å²) >= 11 is 0. The van der Waals surface area contributed by atoms with Crippen molar-refractivity contribution in [2.24, 2.45) is 11.3 Å². The molecular weight excluding hydrogens is 1940 g/mol. The maximum Gasteiger partial charge on any atom is 0.345 e. The largest absolute Gasteiger partial charge is 0.347 e. The molecular formula is C90H150N28O29. The quantitative estimate of drug-likeness (QED) is 0.0345. The number of Topliss-reactive ketones (excluding diaryl/α,β-unsaturated/α-hetero) is 4. The third kappa shape index (κ3) is 28.2. The summed E-state index contributed by atoms with van der Waals surface area (Å²) in [6.07, 6.45) is 11.4. The van der Waals surface area contributed by atoms with Gasteiger partial charge in [0.05, 0.1) is 131 Å². The van der Waals surface area contributed by atoms with Crippen molar-refractivity contribution in [3.8, 4) is 0 Å². The minimum atomic E-state index is -0.550. The standard InChI is InChI=1S/C14H23N3O4.C13H21N3O4.C12H19N3O4.C11H18N4O4.C11H17N3O4.2C10H18N4O3.C9H16N4O3/c1-14(2,3)11(18)7-15-12(19)10-6-5-9-8-16(10)13(20)17(9)21-4;1-8(2)11(17)6-14-12(18)10-5-4-9-7-15(10)13(19)16(9)20-3;1-3-9(16)6-13-11(17)10-5-4-8-7-14(10)12(18)15(8)19-2;1-7(16)13(2)12-10(17)9-5-4-8-6-14(9)11(18)15(8)19-3;1-7(15)5-12-10(16)9-4-3-8-6-13(9)11(17)14(8)18-2;2*1-12(2)11-9(15)8-5-4-7-6-13(8)10(16)14(7)17-3;1-10-11-8(14)7-4-3-6-5-12(7)9(15)13(6)16-2/h9-10H,5-8H2,1-4H3,(H,15,19);8-10H,4-7H2,1-3H3,(H,14,18);8,10H,3-7H2,1-2H3,(H,13,17);8-9H,4-6H2,1-3H3,(H,12,17);8-9H,3-6H2,1-2H3,(H,12,16);2*7-8H,4-6H2,1-3H3,(H,11,15);6-7,10H,3-5H2,1-2H3,(H,11,14)/t2*9-,10+;8-,10+;2*8-,9+;2*7-,8+;6-,7+/m11111111/s1. The van der Waals surface area contributed by atoms with E-state index in [0.717, 1.165) is 50.0 Å². The van der Waals surface area contributed by atoms with E-state index in [0.29, 0.717) is 117 Å². The van der Waals surface area contributed by atoms with Crippen molar-refractivity contribution in [3.63, 3.8) is 0 Å². The highest BCUT2D eigenvalue weighted by Gasteiger charge is 2.56. The van der Waals surface area contributed by atoms with Gasteiger partial charge >= 0.3 is 48.2 Å². The summed E-state index contributed by atoms with van der Waals surface area (Å²) in [6.45, 7) is 17.8. The van der Waals surface area contributed by atoms with Crippen molar-refractivity contribution in [1.29, 1.82) is 0 Å². The van der Waals surface area contributed by atoms with E-state index < -0.39 is 41.7 Å². The normalized spacial score (nSPS) is 26.5. The van der Waals surface area contributed by atoms with Crippen LogP contribution in [-0.4, -0.2) is 494 Å². The molecule has 57 heteroatoms. The number of urea groups is 8. The van der Waals surface area contributed by atoms with Crippen LogP contribution >= 0.6 is 0 Å². The Bertz CT molecular complexity index is 4700. The zero-order valence-corrected chi connectivity index (χ0v) is 88.2. The number of rotatable bonds is 29. The smallest absolute Gasteiger partial charge is 0.345 e. The Kier molecular flexibility index (Phi) is 42.6. The van der Waals surface area contributed by atoms with E-state index in [1.807, 2.05) is 20.8 Å². The van der Waals surface area contributed by atoms with Gasteiger partial charge in [0.2, 0.25) is 29.5 Å². The van der Waals surface area contributed by atoms with Crippen LogP contribution in [0.2, 0.25) is 0 Å². The molecule has 16 saturated heterocycles. The first-order chi connectivity index (χ1) is 69.5. The van der Waals surface area contributed by atoms with E-state index in [1.54, 1.807) is 80.7 Å². The van der Waals surface area contributed by atoms with Gasteiger partial charge in [0.15, 0.2) is 17.3 Å². The van der Waals surface area contributed by atoms with Gasteiger partial charge in [-0.25, -0.2) is 53.8 Å². The van der Waals surface area contributed by atoms with E-state index >= 15 is 0 Å². The fourth-order valence-corrected chi connectivity index (χ4v) is 20.0. The van der Waals surface area contributed by atoms with Gasteiger partial charge in [0.1, 0.15) is 54.1 Å². The highest BCUT2D eigenvalue weighted by molar-refractivity contribution is 5.97. The van der Waals surface area contributed by atoms with Crippen LogP contribution in [0.25, 0.3) is 0 Å². The zero-order valence-electron chi connectivity index (χ0n) is 88.2. The highest BCUT2D eigenvalue weighted by atomic mass is 16.7. The van der Waals surface area contributed by atoms with E-state index in [4.69, 9.17) is 38.7 Å². The lowest BCUT2D eigenvalue weighted by Gasteiger charge is -2.30. The molecule has 25 amide bonds. The van der Waals surface area contributed by atoms with Gasteiger partial charge in [-0.3, -0.25) is 128 Å². The first-order valence-electron chi connectivity index (χ1n) is 49.3. The average Bonchev–Trinajstić information content (AvgIpc) is 1.71. The Hall–Kier alpha value is -12.4. The second kappa shape index (κ2) is 53.0. The van der Waals surface area contributed by atoms with Crippen LogP contribution in [0.3, 0.4) is 0 Å². The number of ketones is 4. The number of nitrogens with one attached hydrogen (secondary N) is 9. The van der Waals surface area contributed by atoms with Gasteiger partial charge in [0, 0.05) is 119 Å². The van der Waals surface area contributed by atoms with Crippen LogP contribution in [0.1, 0.15) is 165 Å². The van der Waals surface area contributed by atoms with Gasteiger partial charge in [-0.1, -0.05) is 41.5 Å². The molecule has 16 aliphatic rings. The molecule has 0 aromatic rings. The Morgan fingerprint density at radius 2 is 0.524 bits per heavy atom. The molecule has 0 radical (unpaired) electrons. The fourth-order valence-electron chi connectivity index (χ4n) is 20.0. The molecule has 0 unspecified atom stereocenters. The average molecular weight is 2090 g/mol. The van der Waals surface area contributed by atoms with Crippen LogP contribution in [0.15, 0.2) is 0 Å². The predicted molar refractivity (Wildman–Crippen MR) is 512 cm³/mol. The van der Waals surface area contributed by atoms with E-state index in [9.17, 15) is 101 Å². The molecule has 0 spiro atoms. The summed E-state index contributed by atoms with van der Waals surface area (Å²) < 4.78 is 0. The monoisotopic (exact) mass is 2090 g/mol. The molecule has 9 N–H and O–H groups in total. The van der Waals surface area contributed by atoms with Crippen molar-refractivity contribution < 1.29 is 139 Å². The molecule has 0 saturated carbocycles. The number of fused-ring (bicyclic) bond motifs is 16.